The maximum absolute atomic E-state index is 10.4. The Bertz CT molecular complexity index is 732. The number of benzene rings is 2. The first-order chi connectivity index (χ1) is 12.6. The van der Waals surface area contributed by atoms with E-state index in [9.17, 15) is 5.26 Å². The standard InChI is InChI=1S/C24H29N2/c1-26(2)22-13-14-23(26)16-19(15-22)17-24(18-25,20-9-5-3-6-10-20)21-11-7-4-8-12-21/h3-12,19,22-23H,13-17H2,1-2H3/q+1/t22-,23-/m0/s1. The summed E-state index contributed by atoms with van der Waals surface area (Å²) >= 11 is 0. The second-order valence-corrected chi connectivity index (χ2v) is 8.80. The predicted octanol–water partition coefficient (Wildman–Crippen LogP) is 4.90. The maximum Gasteiger partial charge on any atom is 0.107 e. The van der Waals surface area contributed by atoms with Crippen LogP contribution in [0.1, 0.15) is 43.2 Å². The molecule has 2 nitrogen and oxygen atoms in total. The fraction of sp³-hybridized carbons (Fsp3) is 0.458. The zero-order valence-electron chi connectivity index (χ0n) is 15.9. The van der Waals surface area contributed by atoms with Gasteiger partial charge in [0.15, 0.2) is 0 Å². The molecule has 0 radical (unpaired) electrons. The van der Waals surface area contributed by atoms with Gasteiger partial charge >= 0.3 is 0 Å². The molecule has 2 aliphatic heterocycles. The zero-order chi connectivity index (χ0) is 18.2. The predicted molar refractivity (Wildman–Crippen MR) is 106 cm³/mol. The lowest BCUT2D eigenvalue weighted by molar-refractivity contribution is -0.931. The van der Waals surface area contributed by atoms with Gasteiger partial charge in [-0.2, -0.15) is 5.26 Å². The van der Waals surface area contributed by atoms with Gasteiger partial charge in [-0.15, -0.1) is 0 Å². The van der Waals surface area contributed by atoms with Gasteiger partial charge in [-0.3, -0.25) is 0 Å². The van der Waals surface area contributed by atoms with Crippen LogP contribution < -0.4 is 0 Å². The highest BCUT2D eigenvalue weighted by Crippen LogP contribution is 2.47. The molecule has 2 heteroatoms. The molecule has 0 aliphatic carbocycles. The Labute approximate surface area is 157 Å². The van der Waals surface area contributed by atoms with E-state index < -0.39 is 5.41 Å². The minimum atomic E-state index is -0.541. The van der Waals surface area contributed by atoms with Crippen LogP contribution in [0.25, 0.3) is 0 Å². The molecular formula is C24H29N2+. The molecule has 2 aromatic carbocycles. The Balaban J connectivity index is 1.70. The molecule has 0 aromatic heterocycles. The van der Waals surface area contributed by atoms with Gasteiger partial charge in [0.25, 0.3) is 0 Å². The molecule has 26 heavy (non-hydrogen) atoms. The molecule has 0 saturated carbocycles. The highest BCUT2D eigenvalue weighted by molar-refractivity contribution is 5.45. The summed E-state index contributed by atoms with van der Waals surface area (Å²) in [6, 6.07) is 25.2. The molecule has 2 bridgehead atoms. The van der Waals surface area contributed by atoms with Gasteiger partial charge in [0.2, 0.25) is 0 Å². The van der Waals surface area contributed by atoms with Crippen LogP contribution in [-0.4, -0.2) is 30.7 Å². The molecule has 2 atom stereocenters. The molecule has 2 aromatic rings. The van der Waals surface area contributed by atoms with E-state index in [0.717, 1.165) is 29.6 Å². The van der Waals surface area contributed by atoms with Crippen molar-refractivity contribution in [2.24, 2.45) is 5.92 Å². The molecule has 0 unspecified atom stereocenters. The Morgan fingerprint density at radius 2 is 1.35 bits per heavy atom. The van der Waals surface area contributed by atoms with Crippen molar-refractivity contribution in [3.63, 3.8) is 0 Å². The van der Waals surface area contributed by atoms with Gasteiger partial charge in [0.1, 0.15) is 5.41 Å². The fourth-order valence-electron chi connectivity index (χ4n) is 5.62. The van der Waals surface area contributed by atoms with Gasteiger partial charge in [-0.25, -0.2) is 0 Å². The van der Waals surface area contributed by atoms with Gasteiger partial charge in [-0.05, 0) is 23.5 Å². The summed E-state index contributed by atoms with van der Waals surface area (Å²) < 4.78 is 1.19. The monoisotopic (exact) mass is 345 g/mol. The molecule has 2 heterocycles. The molecular weight excluding hydrogens is 316 g/mol. The first kappa shape index (κ1) is 17.3. The van der Waals surface area contributed by atoms with Crippen molar-refractivity contribution in [3.05, 3.63) is 71.8 Å². The summed E-state index contributed by atoms with van der Waals surface area (Å²) in [5.74, 6) is 0.624. The Morgan fingerprint density at radius 1 is 0.885 bits per heavy atom. The Morgan fingerprint density at radius 3 is 1.77 bits per heavy atom. The smallest absolute Gasteiger partial charge is 0.107 e. The maximum atomic E-state index is 10.4. The van der Waals surface area contributed by atoms with E-state index in [4.69, 9.17) is 0 Å². The summed E-state index contributed by atoms with van der Waals surface area (Å²) in [5.41, 5.74) is 1.74. The number of rotatable bonds is 4. The van der Waals surface area contributed by atoms with Crippen LogP contribution in [-0.2, 0) is 5.41 Å². The number of fused-ring (bicyclic) bond motifs is 2. The van der Waals surface area contributed by atoms with Crippen LogP contribution in [0.5, 0.6) is 0 Å². The van der Waals surface area contributed by atoms with Crippen LogP contribution in [0, 0.1) is 17.2 Å². The number of nitrogens with zero attached hydrogens (tertiary/aromatic N) is 2. The minimum absolute atomic E-state index is 0.541. The second kappa shape index (κ2) is 6.56. The SMILES string of the molecule is C[N+]1(C)[C@H]2CC[C@H]1CC(CC(C#N)(c1ccccc1)c1ccccc1)C2. The highest BCUT2D eigenvalue weighted by Gasteiger charge is 2.50. The van der Waals surface area contributed by atoms with Crippen molar-refractivity contribution in [1.29, 1.82) is 5.26 Å². The fourth-order valence-corrected chi connectivity index (χ4v) is 5.62. The summed E-state index contributed by atoms with van der Waals surface area (Å²) in [7, 11) is 4.81. The van der Waals surface area contributed by atoms with Crippen molar-refractivity contribution in [3.8, 4) is 6.07 Å². The summed E-state index contributed by atoms with van der Waals surface area (Å²) in [4.78, 5) is 0. The Kier molecular flexibility index (Phi) is 4.37. The minimum Gasteiger partial charge on any atom is -0.324 e. The van der Waals surface area contributed by atoms with Gasteiger partial charge < -0.3 is 4.48 Å². The van der Waals surface area contributed by atoms with Crippen LogP contribution in [0.2, 0.25) is 0 Å². The number of nitriles is 1. The lowest BCUT2D eigenvalue weighted by Crippen LogP contribution is -2.55. The van der Waals surface area contributed by atoms with Crippen LogP contribution in [0.15, 0.2) is 60.7 Å². The van der Waals surface area contributed by atoms with E-state index in [-0.39, 0.29) is 0 Å². The molecule has 2 aliphatic rings. The second-order valence-electron chi connectivity index (χ2n) is 8.80. The number of hydrogen-bond donors (Lipinski definition) is 0. The average Bonchev–Trinajstić information content (AvgIpc) is 2.85. The molecule has 4 rings (SSSR count). The summed E-state index contributed by atoms with van der Waals surface area (Å²) in [6.45, 7) is 0. The van der Waals surface area contributed by atoms with E-state index in [2.05, 4.69) is 68.7 Å². The molecule has 2 fully saturated rings. The third-order valence-electron chi connectivity index (χ3n) is 7.25. The first-order valence-electron chi connectivity index (χ1n) is 9.92. The average molecular weight is 346 g/mol. The third kappa shape index (κ3) is 2.75. The summed E-state index contributed by atoms with van der Waals surface area (Å²) in [6.07, 6.45) is 6.15. The van der Waals surface area contributed by atoms with Crippen LogP contribution in [0.3, 0.4) is 0 Å². The van der Waals surface area contributed by atoms with Crippen molar-refractivity contribution < 1.29 is 4.48 Å². The van der Waals surface area contributed by atoms with E-state index in [1.807, 2.05) is 12.1 Å². The normalized spacial score (nSPS) is 27.0. The van der Waals surface area contributed by atoms with Crippen molar-refractivity contribution >= 4 is 0 Å². The van der Waals surface area contributed by atoms with Gasteiger partial charge in [-0.1, -0.05) is 60.7 Å². The molecule has 0 spiro atoms. The van der Waals surface area contributed by atoms with Crippen LogP contribution in [0.4, 0.5) is 0 Å². The van der Waals surface area contributed by atoms with E-state index >= 15 is 0 Å². The number of quaternary nitrogens is 1. The van der Waals surface area contributed by atoms with Crippen molar-refractivity contribution in [1.82, 2.24) is 0 Å². The summed E-state index contributed by atoms with van der Waals surface area (Å²) in [5, 5.41) is 10.4. The van der Waals surface area contributed by atoms with Crippen molar-refractivity contribution in [2.75, 3.05) is 14.1 Å². The topological polar surface area (TPSA) is 23.8 Å². The number of piperidine rings is 1. The molecule has 134 valence electrons. The molecule has 2 saturated heterocycles. The number of hydrogen-bond acceptors (Lipinski definition) is 1. The van der Waals surface area contributed by atoms with E-state index in [1.54, 1.807) is 0 Å². The van der Waals surface area contributed by atoms with E-state index in [0.29, 0.717) is 5.92 Å². The quantitative estimate of drug-likeness (QED) is 0.723. The molecule has 0 N–H and O–H groups in total. The lowest BCUT2D eigenvalue weighted by atomic mass is 9.67. The first-order valence-corrected chi connectivity index (χ1v) is 9.92. The van der Waals surface area contributed by atoms with Gasteiger partial charge in [0.05, 0.1) is 32.2 Å². The van der Waals surface area contributed by atoms with Crippen LogP contribution >= 0.6 is 0 Å². The third-order valence-corrected chi connectivity index (χ3v) is 7.25. The van der Waals surface area contributed by atoms with Gasteiger partial charge in [0, 0.05) is 25.7 Å². The van der Waals surface area contributed by atoms with Crippen molar-refractivity contribution in [2.45, 2.75) is 49.6 Å². The van der Waals surface area contributed by atoms with E-state index in [1.165, 1.54) is 30.2 Å². The lowest BCUT2D eigenvalue weighted by Gasteiger charge is -2.45. The zero-order valence-corrected chi connectivity index (χ0v) is 15.9. The molecule has 0 amide bonds. The Hall–Kier alpha value is -2.11. The largest absolute Gasteiger partial charge is 0.324 e. The highest BCUT2D eigenvalue weighted by atomic mass is 15.4.